The van der Waals surface area contributed by atoms with E-state index in [0.29, 0.717) is 13.0 Å². The van der Waals surface area contributed by atoms with Crippen LogP contribution in [0.15, 0.2) is 20.0 Å². The molecule has 0 fully saturated rings. The van der Waals surface area contributed by atoms with Gasteiger partial charge in [0.05, 0.1) is 0 Å². The van der Waals surface area contributed by atoms with E-state index in [9.17, 15) is 13.2 Å². The normalized spacial score (nSPS) is 12.3. The van der Waals surface area contributed by atoms with Gasteiger partial charge < -0.3 is 14.4 Å². The first-order valence-electron chi connectivity index (χ1n) is 5.80. The van der Waals surface area contributed by atoms with Crippen LogP contribution in [0.4, 0.5) is 0 Å². The zero-order valence-electron chi connectivity index (χ0n) is 11.5. The summed E-state index contributed by atoms with van der Waals surface area (Å²) in [6.07, 6.45) is 0.671. The second kappa shape index (κ2) is 6.70. The van der Waals surface area contributed by atoms with E-state index in [1.54, 1.807) is 0 Å². The molecule has 7 nitrogen and oxygen atoms in total. The molecular formula is C11H17BrN2O5S. The van der Waals surface area contributed by atoms with Crippen LogP contribution in [0.5, 0.6) is 0 Å². The molecular weight excluding hydrogens is 352 g/mol. The van der Waals surface area contributed by atoms with Crippen LogP contribution in [-0.4, -0.2) is 62.9 Å². The number of halogens is 1. The van der Waals surface area contributed by atoms with Gasteiger partial charge in [-0.2, -0.15) is 0 Å². The van der Waals surface area contributed by atoms with Crippen LogP contribution in [0.1, 0.15) is 17.0 Å². The Balaban J connectivity index is 2.90. The molecule has 1 aromatic rings. The maximum absolute atomic E-state index is 12.3. The lowest BCUT2D eigenvalue weighted by atomic mass is 10.4. The SMILES string of the molecule is CN(C)CCCN(C)S(=O)(=O)c1cc(C(=O)O)oc1Br. The van der Waals surface area contributed by atoms with E-state index in [4.69, 9.17) is 9.52 Å². The molecule has 1 rings (SSSR count). The Morgan fingerprint density at radius 1 is 1.35 bits per heavy atom. The number of furan rings is 1. The van der Waals surface area contributed by atoms with E-state index in [0.717, 1.165) is 12.6 Å². The van der Waals surface area contributed by atoms with Crippen molar-refractivity contribution in [2.45, 2.75) is 11.3 Å². The van der Waals surface area contributed by atoms with Gasteiger partial charge in [0, 0.05) is 19.7 Å². The summed E-state index contributed by atoms with van der Waals surface area (Å²) in [5, 5.41) is 8.80. The minimum Gasteiger partial charge on any atom is -0.475 e. The molecule has 1 heterocycles. The van der Waals surface area contributed by atoms with Crippen molar-refractivity contribution in [3.05, 3.63) is 16.5 Å². The largest absolute Gasteiger partial charge is 0.475 e. The molecule has 0 aliphatic heterocycles. The zero-order chi connectivity index (χ0) is 15.5. The first kappa shape index (κ1) is 17.2. The van der Waals surface area contributed by atoms with Gasteiger partial charge in [-0.05, 0) is 43.0 Å². The molecule has 0 aliphatic carbocycles. The fourth-order valence-electron chi connectivity index (χ4n) is 1.53. The number of carbonyl (C=O) groups is 1. The van der Waals surface area contributed by atoms with Crippen LogP contribution < -0.4 is 0 Å². The highest BCUT2D eigenvalue weighted by atomic mass is 79.9. The molecule has 1 aromatic heterocycles. The van der Waals surface area contributed by atoms with E-state index >= 15 is 0 Å². The molecule has 0 amide bonds. The topological polar surface area (TPSA) is 91.1 Å². The van der Waals surface area contributed by atoms with Gasteiger partial charge in [-0.3, -0.25) is 0 Å². The Labute approximate surface area is 126 Å². The smallest absolute Gasteiger partial charge is 0.371 e. The second-order valence-electron chi connectivity index (χ2n) is 4.54. The molecule has 0 saturated heterocycles. The molecule has 0 radical (unpaired) electrons. The summed E-state index contributed by atoms with van der Waals surface area (Å²) < 4.78 is 30.5. The van der Waals surface area contributed by atoms with Gasteiger partial charge in [-0.1, -0.05) is 0 Å². The van der Waals surface area contributed by atoms with E-state index in [1.807, 2.05) is 19.0 Å². The number of carboxylic acids is 1. The maximum atomic E-state index is 12.3. The Hall–Kier alpha value is -0.900. The molecule has 0 bridgehead atoms. The summed E-state index contributed by atoms with van der Waals surface area (Å²) in [4.78, 5) is 12.6. The second-order valence-corrected chi connectivity index (χ2v) is 7.27. The van der Waals surface area contributed by atoms with Crippen LogP contribution >= 0.6 is 15.9 Å². The predicted octanol–water partition coefficient (Wildman–Crippen LogP) is 1.31. The van der Waals surface area contributed by atoms with Crippen molar-refractivity contribution >= 4 is 31.9 Å². The van der Waals surface area contributed by atoms with Gasteiger partial charge in [0.25, 0.3) is 0 Å². The summed E-state index contributed by atoms with van der Waals surface area (Å²) in [6, 6.07) is 1.00. The molecule has 20 heavy (non-hydrogen) atoms. The molecule has 1 N–H and O–H groups in total. The number of hydrogen-bond donors (Lipinski definition) is 1. The standard InChI is InChI=1S/C11H17BrN2O5S/c1-13(2)5-4-6-14(3)20(17,18)9-7-8(11(15)16)19-10(9)12/h7H,4-6H2,1-3H3,(H,15,16). The highest BCUT2D eigenvalue weighted by molar-refractivity contribution is 9.10. The Morgan fingerprint density at radius 2 is 1.95 bits per heavy atom. The molecule has 0 aliphatic rings. The summed E-state index contributed by atoms with van der Waals surface area (Å²) in [5.41, 5.74) is 0. The van der Waals surface area contributed by atoms with E-state index in [1.165, 1.54) is 11.4 Å². The molecule has 0 atom stereocenters. The van der Waals surface area contributed by atoms with E-state index < -0.39 is 21.8 Å². The first-order valence-corrected chi connectivity index (χ1v) is 8.03. The summed E-state index contributed by atoms with van der Waals surface area (Å²) in [7, 11) is 1.49. The van der Waals surface area contributed by atoms with E-state index in [2.05, 4.69) is 15.9 Å². The van der Waals surface area contributed by atoms with Crippen molar-refractivity contribution in [3.8, 4) is 0 Å². The van der Waals surface area contributed by atoms with Crippen molar-refractivity contribution < 1.29 is 22.7 Å². The zero-order valence-corrected chi connectivity index (χ0v) is 13.9. The third-order valence-corrected chi connectivity index (χ3v) is 5.35. The van der Waals surface area contributed by atoms with Gasteiger partial charge in [-0.25, -0.2) is 17.5 Å². The summed E-state index contributed by atoms with van der Waals surface area (Å²) >= 11 is 2.94. The number of rotatable bonds is 7. The van der Waals surface area contributed by atoms with Crippen LogP contribution in [0.2, 0.25) is 0 Å². The van der Waals surface area contributed by atoms with Gasteiger partial charge in [0.2, 0.25) is 15.8 Å². The van der Waals surface area contributed by atoms with Crippen molar-refractivity contribution in [1.29, 1.82) is 0 Å². The molecule has 0 spiro atoms. The molecule has 0 unspecified atom stereocenters. The number of hydrogen-bond acceptors (Lipinski definition) is 5. The third-order valence-electron chi connectivity index (χ3n) is 2.63. The quantitative estimate of drug-likeness (QED) is 0.780. The summed E-state index contributed by atoms with van der Waals surface area (Å²) in [6.45, 7) is 1.09. The van der Waals surface area contributed by atoms with Crippen LogP contribution in [-0.2, 0) is 10.0 Å². The molecule has 9 heteroatoms. The monoisotopic (exact) mass is 368 g/mol. The van der Waals surface area contributed by atoms with Gasteiger partial charge >= 0.3 is 5.97 Å². The van der Waals surface area contributed by atoms with E-state index in [-0.39, 0.29) is 9.56 Å². The van der Waals surface area contributed by atoms with Gasteiger partial charge in [0.15, 0.2) is 4.67 Å². The Kier molecular flexibility index (Phi) is 5.75. The summed E-state index contributed by atoms with van der Waals surface area (Å²) in [5.74, 6) is -1.74. The average Bonchev–Trinajstić information content (AvgIpc) is 2.71. The number of aromatic carboxylic acids is 1. The predicted molar refractivity (Wildman–Crippen MR) is 76.4 cm³/mol. The Bertz CT molecular complexity index is 582. The minimum atomic E-state index is -3.77. The van der Waals surface area contributed by atoms with Crippen molar-refractivity contribution in [2.75, 3.05) is 34.2 Å². The molecule has 0 saturated carbocycles. The highest BCUT2D eigenvalue weighted by Crippen LogP contribution is 2.28. The van der Waals surface area contributed by atoms with Crippen molar-refractivity contribution in [2.24, 2.45) is 0 Å². The first-order chi connectivity index (χ1) is 9.16. The van der Waals surface area contributed by atoms with Gasteiger partial charge in [-0.15, -0.1) is 0 Å². The van der Waals surface area contributed by atoms with Crippen molar-refractivity contribution in [3.63, 3.8) is 0 Å². The van der Waals surface area contributed by atoms with Gasteiger partial charge in [0.1, 0.15) is 4.90 Å². The van der Waals surface area contributed by atoms with Crippen LogP contribution in [0, 0.1) is 0 Å². The number of sulfonamides is 1. The number of nitrogens with zero attached hydrogens (tertiary/aromatic N) is 2. The van der Waals surface area contributed by atoms with Crippen molar-refractivity contribution in [1.82, 2.24) is 9.21 Å². The highest BCUT2D eigenvalue weighted by Gasteiger charge is 2.28. The fraction of sp³-hybridized carbons (Fsp3) is 0.545. The minimum absolute atomic E-state index is 0.102. The third kappa shape index (κ3) is 4.05. The van der Waals surface area contributed by atoms with Crippen LogP contribution in [0.25, 0.3) is 0 Å². The molecule has 114 valence electrons. The van der Waals surface area contributed by atoms with Crippen LogP contribution in [0.3, 0.4) is 0 Å². The number of carboxylic acid groups (broad SMARTS) is 1. The Morgan fingerprint density at radius 3 is 2.40 bits per heavy atom. The average molecular weight is 369 g/mol. The lowest BCUT2D eigenvalue weighted by molar-refractivity contribution is 0.0661. The lowest BCUT2D eigenvalue weighted by Gasteiger charge is -2.17. The molecule has 0 aromatic carbocycles. The lowest BCUT2D eigenvalue weighted by Crippen LogP contribution is -2.29. The fourth-order valence-corrected chi connectivity index (χ4v) is 3.64. The maximum Gasteiger partial charge on any atom is 0.371 e.